The van der Waals surface area contributed by atoms with Crippen molar-refractivity contribution in [2.24, 2.45) is 0 Å². The lowest BCUT2D eigenvalue weighted by Gasteiger charge is -2.09. The zero-order valence-corrected chi connectivity index (χ0v) is 10.2. The minimum absolute atomic E-state index is 0.00586. The molecule has 1 aliphatic rings. The van der Waals surface area contributed by atoms with Crippen LogP contribution in [-0.4, -0.2) is 25.0 Å². The molecule has 0 bridgehead atoms. The highest BCUT2D eigenvalue weighted by molar-refractivity contribution is 7.91. The van der Waals surface area contributed by atoms with Crippen LogP contribution in [-0.2, 0) is 10.0 Å². The number of aromatic carboxylic acids is 1. The van der Waals surface area contributed by atoms with Gasteiger partial charge in [-0.2, -0.15) is 0 Å². The molecular formula is C9H11NO4S2. The van der Waals surface area contributed by atoms with E-state index in [1.165, 1.54) is 11.4 Å². The van der Waals surface area contributed by atoms with Crippen LogP contribution in [0.25, 0.3) is 0 Å². The van der Waals surface area contributed by atoms with E-state index in [0.717, 1.165) is 24.2 Å². The number of hydrogen-bond acceptors (Lipinski definition) is 4. The molecule has 1 aromatic heterocycles. The summed E-state index contributed by atoms with van der Waals surface area (Å²) in [5, 5.41) is 10.0. The first-order chi connectivity index (χ1) is 7.32. The van der Waals surface area contributed by atoms with E-state index in [1.807, 2.05) is 6.92 Å². The quantitative estimate of drug-likeness (QED) is 0.855. The van der Waals surface area contributed by atoms with Crippen molar-refractivity contribution in [2.45, 2.75) is 29.5 Å². The van der Waals surface area contributed by atoms with Gasteiger partial charge in [-0.05, 0) is 25.8 Å². The van der Waals surface area contributed by atoms with Gasteiger partial charge in [-0.1, -0.05) is 0 Å². The normalized spacial score (nSPS) is 18.3. The van der Waals surface area contributed by atoms with Gasteiger partial charge in [-0.15, -0.1) is 11.3 Å². The van der Waals surface area contributed by atoms with Gasteiger partial charge in [0.1, 0.15) is 4.21 Å². The first kappa shape index (κ1) is 11.6. The molecule has 0 amide bonds. The molecule has 1 heterocycles. The molecule has 1 saturated carbocycles. The molecule has 16 heavy (non-hydrogen) atoms. The third kappa shape index (κ3) is 2.26. The Balaban J connectivity index is 2.25. The molecule has 7 heteroatoms. The number of carboxylic acids is 1. The largest absolute Gasteiger partial charge is 0.478 e. The van der Waals surface area contributed by atoms with E-state index < -0.39 is 16.0 Å². The van der Waals surface area contributed by atoms with Gasteiger partial charge in [0, 0.05) is 10.9 Å². The molecule has 2 rings (SSSR count). The van der Waals surface area contributed by atoms with Gasteiger partial charge in [0.05, 0.1) is 5.56 Å². The highest BCUT2D eigenvalue weighted by Crippen LogP contribution is 2.36. The maximum atomic E-state index is 11.8. The number of carbonyl (C=O) groups is 1. The summed E-state index contributed by atoms with van der Waals surface area (Å²) in [6.45, 7) is 1.83. The van der Waals surface area contributed by atoms with Crippen molar-refractivity contribution in [1.29, 1.82) is 0 Å². The summed E-state index contributed by atoms with van der Waals surface area (Å²) in [6, 6.07) is 1.18. The van der Waals surface area contributed by atoms with Crippen LogP contribution in [0.1, 0.15) is 30.1 Å². The predicted octanol–water partition coefficient (Wildman–Crippen LogP) is 1.28. The first-order valence-electron chi connectivity index (χ1n) is 4.68. The minimum atomic E-state index is -3.56. The summed E-state index contributed by atoms with van der Waals surface area (Å²) >= 11 is 0.922. The van der Waals surface area contributed by atoms with Crippen molar-refractivity contribution in [1.82, 2.24) is 4.72 Å². The lowest BCUT2D eigenvalue weighted by Crippen LogP contribution is -2.33. The molecule has 0 aromatic carbocycles. The summed E-state index contributed by atoms with van der Waals surface area (Å²) < 4.78 is 26.3. The van der Waals surface area contributed by atoms with E-state index in [4.69, 9.17) is 5.11 Å². The number of rotatable bonds is 4. The highest BCUT2D eigenvalue weighted by atomic mass is 32.2. The second-order valence-electron chi connectivity index (χ2n) is 4.13. The highest BCUT2D eigenvalue weighted by Gasteiger charge is 2.41. The van der Waals surface area contributed by atoms with Crippen molar-refractivity contribution >= 4 is 27.3 Å². The van der Waals surface area contributed by atoms with Gasteiger partial charge < -0.3 is 5.11 Å². The van der Waals surface area contributed by atoms with Crippen molar-refractivity contribution in [3.05, 3.63) is 17.0 Å². The zero-order chi connectivity index (χ0) is 12.0. The number of carboxylic acid groups (broad SMARTS) is 1. The van der Waals surface area contributed by atoms with Crippen molar-refractivity contribution < 1.29 is 18.3 Å². The smallest absolute Gasteiger partial charge is 0.336 e. The molecule has 2 N–H and O–H groups in total. The maximum Gasteiger partial charge on any atom is 0.336 e. The van der Waals surface area contributed by atoms with Crippen LogP contribution in [0.15, 0.2) is 15.7 Å². The van der Waals surface area contributed by atoms with Gasteiger partial charge in [0.25, 0.3) is 10.0 Å². The Labute approximate surface area is 97.2 Å². The molecule has 0 unspecified atom stereocenters. The fourth-order valence-corrected chi connectivity index (χ4v) is 3.85. The molecule has 1 aromatic rings. The van der Waals surface area contributed by atoms with Crippen molar-refractivity contribution in [3.63, 3.8) is 0 Å². The molecular weight excluding hydrogens is 250 g/mol. The van der Waals surface area contributed by atoms with Gasteiger partial charge >= 0.3 is 5.97 Å². The second kappa shape index (κ2) is 3.54. The van der Waals surface area contributed by atoms with Crippen LogP contribution in [0.3, 0.4) is 0 Å². The van der Waals surface area contributed by atoms with Crippen LogP contribution in [0, 0.1) is 0 Å². The second-order valence-corrected chi connectivity index (χ2v) is 6.95. The average molecular weight is 261 g/mol. The van der Waals surface area contributed by atoms with Gasteiger partial charge in [0.15, 0.2) is 0 Å². The van der Waals surface area contributed by atoms with E-state index in [-0.39, 0.29) is 15.3 Å². The third-order valence-electron chi connectivity index (χ3n) is 2.47. The fraction of sp³-hybridized carbons (Fsp3) is 0.444. The van der Waals surface area contributed by atoms with E-state index in [2.05, 4.69) is 4.72 Å². The molecule has 88 valence electrons. The van der Waals surface area contributed by atoms with E-state index in [9.17, 15) is 13.2 Å². The molecule has 5 nitrogen and oxygen atoms in total. The van der Waals surface area contributed by atoms with Crippen LogP contribution in [0.5, 0.6) is 0 Å². The number of thiophene rings is 1. The molecule has 1 fully saturated rings. The van der Waals surface area contributed by atoms with E-state index in [1.54, 1.807) is 0 Å². The van der Waals surface area contributed by atoms with Crippen LogP contribution < -0.4 is 4.72 Å². The SMILES string of the molecule is CC1(NS(=O)(=O)c2cc(C(=O)O)cs2)CC1. The van der Waals surface area contributed by atoms with Crippen molar-refractivity contribution in [3.8, 4) is 0 Å². The Morgan fingerprint density at radius 1 is 1.56 bits per heavy atom. The Morgan fingerprint density at radius 2 is 2.19 bits per heavy atom. The van der Waals surface area contributed by atoms with E-state index >= 15 is 0 Å². The fourth-order valence-electron chi connectivity index (χ4n) is 1.23. The predicted molar refractivity (Wildman–Crippen MR) is 59.2 cm³/mol. The van der Waals surface area contributed by atoms with Gasteiger partial charge in [-0.3, -0.25) is 0 Å². The molecule has 0 spiro atoms. The summed E-state index contributed by atoms with van der Waals surface area (Å²) in [4.78, 5) is 10.6. The van der Waals surface area contributed by atoms with Gasteiger partial charge in [-0.25, -0.2) is 17.9 Å². The van der Waals surface area contributed by atoms with Crippen LogP contribution >= 0.6 is 11.3 Å². The minimum Gasteiger partial charge on any atom is -0.478 e. The Hall–Kier alpha value is -0.920. The summed E-state index contributed by atoms with van der Waals surface area (Å²) in [6.07, 6.45) is 1.65. The first-order valence-corrected chi connectivity index (χ1v) is 7.05. The van der Waals surface area contributed by atoms with Crippen LogP contribution in [0.2, 0.25) is 0 Å². The van der Waals surface area contributed by atoms with Gasteiger partial charge in [0.2, 0.25) is 0 Å². The van der Waals surface area contributed by atoms with Crippen molar-refractivity contribution in [2.75, 3.05) is 0 Å². The lowest BCUT2D eigenvalue weighted by atomic mass is 10.4. The topological polar surface area (TPSA) is 83.5 Å². The molecule has 0 radical (unpaired) electrons. The third-order valence-corrected chi connectivity index (χ3v) is 5.55. The Kier molecular flexibility index (Phi) is 2.56. The Bertz CT molecular complexity index is 527. The Morgan fingerprint density at radius 3 is 2.62 bits per heavy atom. The summed E-state index contributed by atoms with van der Waals surface area (Å²) in [5.41, 5.74) is -0.335. The number of nitrogens with one attached hydrogen (secondary N) is 1. The average Bonchev–Trinajstić information content (AvgIpc) is 2.69. The standard InChI is InChI=1S/C9H11NO4S2/c1-9(2-3-9)10-16(13,14)7-4-6(5-15-7)8(11)12/h4-5,10H,2-3H2,1H3,(H,11,12). The number of sulfonamides is 1. The molecule has 1 aliphatic carbocycles. The lowest BCUT2D eigenvalue weighted by molar-refractivity contribution is 0.0697. The molecule has 0 saturated heterocycles. The monoisotopic (exact) mass is 261 g/mol. The van der Waals surface area contributed by atoms with E-state index in [0.29, 0.717) is 0 Å². The van der Waals surface area contributed by atoms with Crippen LogP contribution in [0.4, 0.5) is 0 Å². The number of hydrogen-bond donors (Lipinski definition) is 2. The molecule has 0 atom stereocenters. The summed E-state index contributed by atoms with van der Waals surface area (Å²) in [5.74, 6) is -1.12. The summed E-state index contributed by atoms with van der Waals surface area (Å²) in [7, 11) is -3.56. The maximum absolute atomic E-state index is 11.8. The zero-order valence-electron chi connectivity index (χ0n) is 8.56. The molecule has 0 aliphatic heterocycles.